The molecule has 2 N–H and O–H groups in total. The Balaban J connectivity index is 1.67. The number of pyridine rings is 2. The summed E-state index contributed by atoms with van der Waals surface area (Å²) >= 11 is 1.58. The van der Waals surface area contributed by atoms with Crippen LogP contribution in [0.3, 0.4) is 0 Å². The summed E-state index contributed by atoms with van der Waals surface area (Å²) in [5.74, 6) is -0.00186. The molecule has 0 aliphatic rings. The fourth-order valence-electron chi connectivity index (χ4n) is 3.31. The molecular formula is C21H15FN8S. The smallest absolute Gasteiger partial charge is 0.184 e. The molecule has 152 valence electrons. The van der Waals surface area contributed by atoms with Crippen LogP contribution >= 0.6 is 11.3 Å². The molecule has 0 radical (unpaired) electrons. The van der Waals surface area contributed by atoms with Crippen molar-refractivity contribution >= 4 is 52.0 Å². The Bertz CT molecular complexity index is 1480. The molecule has 0 saturated carbocycles. The van der Waals surface area contributed by atoms with Crippen molar-refractivity contribution < 1.29 is 4.39 Å². The van der Waals surface area contributed by atoms with Crippen LogP contribution < -0.4 is 0 Å². The van der Waals surface area contributed by atoms with E-state index in [0.29, 0.717) is 28.2 Å². The van der Waals surface area contributed by atoms with Crippen LogP contribution in [0.4, 0.5) is 4.39 Å². The first-order valence-corrected chi connectivity index (χ1v) is 10.1. The van der Waals surface area contributed by atoms with Crippen LogP contribution in [-0.2, 0) is 0 Å². The number of halogens is 1. The Morgan fingerprint density at radius 3 is 3.00 bits per heavy atom. The van der Waals surface area contributed by atoms with Gasteiger partial charge in [0.15, 0.2) is 11.5 Å². The molecule has 0 saturated heterocycles. The van der Waals surface area contributed by atoms with Gasteiger partial charge in [0.2, 0.25) is 0 Å². The number of rotatable bonds is 5. The molecule has 31 heavy (non-hydrogen) atoms. The lowest BCUT2D eigenvalue weighted by molar-refractivity contribution is 0.634. The number of hydrogen-bond acceptors (Lipinski definition) is 6. The SMILES string of the molecule is C=NC=N/C=C(\C)c1cnc2n[nH]c(-c3nc4c(-c5cccs5)nccc4[nH]3)c2c1F. The van der Waals surface area contributed by atoms with E-state index in [-0.39, 0.29) is 11.0 Å². The number of H-pyrrole nitrogens is 2. The van der Waals surface area contributed by atoms with Gasteiger partial charge in [0, 0.05) is 24.2 Å². The molecule has 5 heterocycles. The minimum atomic E-state index is -0.457. The molecule has 5 rings (SSSR count). The van der Waals surface area contributed by atoms with Crippen LogP contribution in [0.25, 0.3) is 49.7 Å². The molecule has 0 spiro atoms. The number of allylic oxidation sites excluding steroid dienone is 1. The zero-order valence-corrected chi connectivity index (χ0v) is 17.1. The van der Waals surface area contributed by atoms with Crippen molar-refractivity contribution in [2.24, 2.45) is 9.98 Å². The summed E-state index contributed by atoms with van der Waals surface area (Å²) in [5, 5.41) is 9.26. The third-order valence-electron chi connectivity index (χ3n) is 4.75. The van der Waals surface area contributed by atoms with Crippen molar-refractivity contribution in [1.29, 1.82) is 0 Å². The van der Waals surface area contributed by atoms with Crippen LogP contribution in [0.1, 0.15) is 12.5 Å². The lowest BCUT2D eigenvalue weighted by atomic mass is 10.1. The summed E-state index contributed by atoms with van der Waals surface area (Å²) in [6.07, 6.45) is 5.94. The highest BCUT2D eigenvalue weighted by atomic mass is 32.1. The summed E-state index contributed by atoms with van der Waals surface area (Å²) < 4.78 is 15.5. The van der Waals surface area contributed by atoms with Gasteiger partial charge in [-0.05, 0) is 36.7 Å². The van der Waals surface area contributed by atoms with Crippen LogP contribution in [0.2, 0.25) is 0 Å². The second-order valence-corrected chi connectivity index (χ2v) is 7.61. The standard InChI is InChI=1S/C21H15FN8S/c1-11(8-24-10-23-2)12-9-26-20-15(16(12)22)19(29-30-20)21-27-13-5-6-25-18(17(13)28-21)14-4-3-7-31-14/h3-10H,2H2,1H3,(H,27,28)(H,26,29,30)/b11-8+,24-10?. The van der Waals surface area contributed by atoms with Gasteiger partial charge < -0.3 is 4.98 Å². The molecule has 5 aromatic heterocycles. The number of nitrogens with zero attached hydrogens (tertiary/aromatic N) is 6. The minimum absolute atomic E-state index is 0.251. The van der Waals surface area contributed by atoms with E-state index in [0.717, 1.165) is 16.1 Å². The first-order chi connectivity index (χ1) is 15.2. The first-order valence-electron chi connectivity index (χ1n) is 9.23. The van der Waals surface area contributed by atoms with Gasteiger partial charge in [0.25, 0.3) is 0 Å². The van der Waals surface area contributed by atoms with Gasteiger partial charge in [0.05, 0.1) is 15.8 Å². The van der Waals surface area contributed by atoms with Gasteiger partial charge in [-0.25, -0.2) is 19.4 Å². The van der Waals surface area contributed by atoms with E-state index < -0.39 is 5.82 Å². The number of aromatic amines is 2. The van der Waals surface area contributed by atoms with Crippen molar-refractivity contribution in [2.45, 2.75) is 6.92 Å². The summed E-state index contributed by atoms with van der Waals surface area (Å²) in [7, 11) is 0. The molecule has 0 aliphatic carbocycles. The summed E-state index contributed by atoms with van der Waals surface area (Å²) in [4.78, 5) is 25.2. The third-order valence-corrected chi connectivity index (χ3v) is 5.63. The zero-order chi connectivity index (χ0) is 21.4. The first kappa shape index (κ1) is 18.9. The number of nitrogens with one attached hydrogen (secondary N) is 2. The molecule has 0 unspecified atom stereocenters. The highest BCUT2D eigenvalue weighted by Crippen LogP contribution is 2.33. The van der Waals surface area contributed by atoms with Gasteiger partial charge in [-0.2, -0.15) is 5.10 Å². The Labute approximate surface area is 179 Å². The van der Waals surface area contributed by atoms with Gasteiger partial charge in [0.1, 0.15) is 29.1 Å². The van der Waals surface area contributed by atoms with Crippen molar-refractivity contribution in [3.8, 4) is 22.1 Å². The normalized spacial score (nSPS) is 12.4. The van der Waals surface area contributed by atoms with Crippen LogP contribution in [0.15, 0.2) is 52.2 Å². The zero-order valence-electron chi connectivity index (χ0n) is 16.3. The quantitative estimate of drug-likeness (QED) is 0.307. The van der Waals surface area contributed by atoms with Gasteiger partial charge in [-0.15, -0.1) is 11.3 Å². The van der Waals surface area contributed by atoms with E-state index in [2.05, 4.69) is 41.9 Å². The molecular weight excluding hydrogens is 415 g/mol. The predicted octanol–water partition coefficient (Wildman–Crippen LogP) is 4.85. The molecule has 0 amide bonds. The van der Waals surface area contributed by atoms with Crippen LogP contribution in [0, 0.1) is 5.82 Å². The summed E-state index contributed by atoms with van der Waals surface area (Å²) in [5.41, 5.74) is 3.85. The maximum atomic E-state index is 15.5. The molecule has 10 heteroatoms. The molecule has 8 nitrogen and oxygen atoms in total. The van der Waals surface area contributed by atoms with Gasteiger partial charge in [-0.1, -0.05) is 6.07 Å². The van der Waals surface area contributed by atoms with Crippen molar-refractivity contribution in [2.75, 3.05) is 0 Å². The fraction of sp³-hybridized carbons (Fsp3) is 0.0476. The van der Waals surface area contributed by atoms with E-state index in [1.165, 1.54) is 18.7 Å². The van der Waals surface area contributed by atoms with Crippen LogP contribution in [-0.4, -0.2) is 43.2 Å². The largest absolute Gasteiger partial charge is 0.337 e. The van der Waals surface area contributed by atoms with Crippen molar-refractivity contribution in [3.05, 3.63) is 53.6 Å². The fourth-order valence-corrected chi connectivity index (χ4v) is 4.03. The lowest BCUT2D eigenvalue weighted by Gasteiger charge is -2.03. The van der Waals surface area contributed by atoms with E-state index in [9.17, 15) is 0 Å². The number of aromatic nitrogens is 6. The number of fused-ring (bicyclic) bond motifs is 2. The highest BCUT2D eigenvalue weighted by Gasteiger charge is 2.21. The second-order valence-electron chi connectivity index (χ2n) is 6.66. The molecule has 5 aromatic rings. The maximum absolute atomic E-state index is 15.5. The number of aliphatic imine (C=N–C) groups is 2. The average Bonchev–Trinajstić information content (AvgIpc) is 3.52. The third kappa shape index (κ3) is 3.22. The van der Waals surface area contributed by atoms with Gasteiger partial charge in [-0.3, -0.25) is 15.1 Å². The van der Waals surface area contributed by atoms with E-state index in [1.54, 1.807) is 24.5 Å². The van der Waals surface area contributed by atoms with E-state index in [1.807, 2.05) is 23.6 Å². The van der Waals surface area contributed by atoms with Crippen LogP contribution in [0.5, 0.6) is 0 Å². The number of hydrogen-bond donors (Lipinski definition) is 2. The van der Waals surface area contributed by atoms with Crippen molar-refractivity contribution in [3.63, 3.8) is 0 Å². The average molecular weight is 430 g/mol. The van der Waals surface area contributed by atoms with Crippen molar-refractivity contribution in [1.82, 2.24) is 30.1 Å². The highest BCUT2D eigenvalue weighted by molar-refractivity contribution is 7.13. The maximum Gasteiger partial charge on any atom is 0.184 e. The predicted molar refractivity (Wildman–Crippen MR) is 122 cm³/mol. The molecule has 0 fully saturated rings. The molecule has 0 bridgehead atoms. The summed E-state index contributed by atoms with van der Waals surface area (Å²) in [6, 6.07) is 5.78. The lowest BCUT2D eigenvalue weighted by Crippen LogP contribution is -1.92. The minimum Gasteiger partial charge on any atom is -0.337 e. The summed E-state index contributed by atoms with van der Waals surface area (Å²) in [6.45, 7) is 5.07. The molecule has 0 aromatic carbocycles. The number of imidazole rings is 1. The monoisotopic (exact) mass is 430 g/mol. The second kappa shape index (κ2) is 7.65. The molecule has 0 atom stereocenters. The Morgan fingerprint density at radius 1 is 1.29 bits per heavy atom. The Morgan fingerprint density at radius 2 is 2.19 bits per heavy atom. The van der Waals surface area contributed by atoms with E-state index >= 15 is 4.39 Å². The number of thiophene rings is 1. The topological polar surface area (TPSA) is 108 Å². The van der Waals surface area contributed by atoms with E-state index in [4.69, 9.17) is 4.98 Å². The van der Waals surface area contributed by atoms with Gasteiger partial charge >= 0.3 is 0 Å². The molecule has 0 aliphatic heterocycles. The Kier molecular flexibility index (Phi) is 4.68. The Hall–Kier alpha value is -4.05.